The van der Waals surface area contributed by atoms with Gasteiger partial charge in [0, 0.05) is 18.3 Å². The molecule has 0 aromatic rings. The Balaban J connectivity index is 2.22. The maximum Gasteiger partial charge on any atom is 0.00698 e. The van der Waals surface area contributed by atoms with Crippen molar-refractivity contribution in [2.45, 2.75) is 31.7 Å². The lowest BCUT2D eigenvalue weighted by Crippen LogP contribution is -2.34. The fourth-order valence-electron chi connectivity index (χ4n) is 2.03. The minimum absolute atomic E-state index is 0.762. The number of nitrogens with one attached hydrogen (secondary N) is 1. The first-order valence-corrected chi connectivity index (χ1v) is 6.00. The van der Waals surface area contributed by atoms with Gasteiger partial charge in [0.25, 0.3) is 0 Å². The lowest BCUT2D eigenvalue weighted by Gasteiger charge is -2.27. The number of rotatable bonds is 3. The molecule has 1 saturated heterocycles. The molecule has 0 unspecified atom stereocenters. The van der Waals surface area contributed by atoms with E-state index in [1.54, 1.807) is 0 Å². The average Bonchev–Trinajstić information content (AvgIpc) is 2.09. The van der Waals surface area contributed by atoms with E-state index >= 15 is 0 Å². The van der Waals surface area contributed by atoms with E-state index in [1.807, 2.05) is 0 Å². The van der Waals surface area contributed by atoms with Crippen molar-refractivity contribution in [3.8, 4) is 0 Å². The lowest BCUT2D eigenvalue weighted by atomic mass is 10.0. The standard InChI is InChI=1S/C10H22N2S/c1-11-10-4-2-6-12(8-9-13)7-3-5-10/h10-11,13H,2-9H2,1H3. The van der Waals surface area contributed by atoms with Crippen molar-refractivity contribution in [1.29, 1.82) is 0 Å². The maximum atomic E-state index is 4.27. The van der Waals surface area contributed by atoms with E-state index in [-0.39, 0.29) is 0 Å². The average molecular weight is 202 g/mol. The number of hydrogen-bond donors (Lipinski definition) is 2. The van der Waals surface area contributed by atoms with Gasteiger partial charge < -0.3 is 10.2 Å². The molecular formula is C10H22N2S. The smallest absolute Gasteiger partial charge is 0.00698 e. The molecule has 1 fully saturated rings. The third kappa shape index (κ3) is 4.34. The van der Waals surface area contributed by atoms with Gasteiger partial charge in [0.1, 0.15) is 0 Å². The molecule has 3 heteroatoms. The topological polar surface area (TPSA) is 15.3 Å². The SMILES string of the molecule is CNC1CCCN(CCS)CCC1. The van der Waals surface area contributed by atoms with Crippen LogP contribution >= 0.6 is 12.6 Å². The van der Waals surface area contributed by atoms with Crippen molar-refractivity contribution < 1.29 is 0 Å². The fraction of sp³-hybridized carbons (Fsp3) is 1.00. The van der Waals surface area contributed by atoms with Crippen LogP contribution in [0, 0.1) is 0 Å². The summed E-state index contributed by atoms with van der Waals surface area (Å²) in [5.41, 5.74) is 0. The molecule has 2 nitrogen and oxygen atoms in total. The Bertz CT molecular complexity index is 120. The quantitative estimate of drug-likeness (QED) is 0.672. The van der Waals surface area contributed by atoms with Crippen molar-refractivity contribution in [3.63, 3.8) is 0 Å². The number of hydrogen-bond acceptors (Lipinski definition) is 3. The largest absolute Gasteiger partial charge is 0.317 e. The molecule has 78 valence electrons. The Morgan fingerprint density at radius 1 is 1.31 bits per heavy atom. The fourth-order valence-corrected chi connectivity index (χ4v) is 2.32. The molecule has 1 rings (SSSR count). The molecule has 1 aliphatic rings. The van der Waals surface area contributed by atoms with Gasteiger partial charge >= 0.3 is 0 Å². The summed E-state index contributed by atoms with van der Waals surface area (Å²) in [7, 11) is 2.08. The highest BCUT2D eigenvalue weighted by molar-refractivity contribution is 7.80. The Labute approximate surface area is 87.5 Å². The predicted molar refractivity (Wildman–Crippen MR) is 61.6 cm³/mol. The molecule has 1 N–H and O–H groups in total. The van der Waals surface area contributed by atoms with Crippen LogP contribution in [0.3, 0.4) is 0 Å². The molecular weight excluding hydrogens is 180 g/mol. The van der Waals surface area contributed by atoms with Crippen LogP contribution in [-0.4, -0.2) is 43.4 Å². The van der Waals surface area contributed by atoms with E-state index in [2.05, 4.69) is 29.9 Å². The second kappa shape index (κ2) is 6.68. The summed E-state index contributed by atoms with van der Waals surface area (Å²) in [5, 5.41) is 3.38. The summed E-state index contributed by atoms with van der Waals surface area (Å²) in [6.07, 6.45) is 5.33. The third-order valence-electron chi connectivity index (χ3n) is 2.88. The zero-order chi connectivity index (χ0) is 9.52. The highest BCUT2D eigenvalue weighted by Crippen LogP contribution is 2.11. The van der Waals surface area contributed by atoms with Crippen molar-refractivity contribution in [2.75, 3.05) is 32.4 Å². The molecule has 0 bridgehead atoms. The molecule has 0 spiro atoms. The highest BCUT2D eigenvalue weighted by Gasteiger charge is 2.12. The van der Waals surface area contributed by atoms with Crippen LogP contribution in [0.4, 0.5) is 0 Å². The summed E-state index contributed by atoms with van der Waals surface area (Å²) in [6.45, 7) is 3.69. The summed E-state index contributed by atoms with van der Waals surface area (Å²) in [6, 6.07) is 0.762. The van der Waals surface area contributed by atoms with Gasteiger partial charge in [-0.2, -0.15) is 12.6 Å². The zero-order valence-corrected chi connectivity index (χ0v) is 9.52. The first-order chi connectivity index (χ1) is 6.36. The van der Waals surface area contributed by atoms with E-state index in [0.29, 0.717) is 0 Å². The minimum atomic E-state index is 0.762. The Hall–Kier alpha value is 0.270. The number of likely N-dealkylation sites (tertiary alicyclic amines) is 1. The van der Waals surface area contributed by atoms with Crippen LogP contribution in [-0.2, 0) is 0 Å². The maximum absolute atomic E-state index is 4.27. The summed E-state index contributed by atoms with van der Waals surface area (Å²) < 4.78 is 0. The molecule has 0 aliphatic carbocycles. The Morgan fingerprint density at radius 2 is 1.92 bits per heavy atom. The van der Waals surface area contributed by atoms with Crippen molar-refractivity contribution >= 4 is 12.6 Å². The van der Waals surface area contributed by atoms with E-state index in [9.17, 15) is 0 Å². The van der Waals surface area contributed by atoms with Gasteiger partial charge in [-0.1, -0.05) is 0 Å². The molecule has 0 aromatic carbocycles. The first-order valence-electron chi connectivity index (χ1n) is 5.37. The Morgan fingerprint density at radius 3 is 2.38 bits per heavy atom. The Kier molecular flexibility index (Phi) is 5.83. The van der Waals surface area contributed by atoms with Gasteiger partial charge in [-0.3, -0.25) is 0 Å². The highest BCUT2D eigenvalue weighted by atomic mass is 32.1. The number of thiol groups is 1. The molecule has 0 saturated carbocycles. The molecule has 1 heterocycles. The minimum Gasteiger partial charge on any atom is -0.317 e. The van der Waals surface area contributed by atoms with Gasteiger partial charge in [0.2, 0.25) is 0 Å². The second-order valence-corrected chi connectivity index (χ2v) is 4.28. The van der Waals surface area contributed by atoms with Gasteiger partial charge in [0.15, 0.2) is 0 Å². The van der Waals surface area contributed by atoms with Crippen molar-refractivity contribution in [3.05, 3.63) is 0 Å². The summed E-state index contributed by atoms with van der Waals surface area (Å²) in [4.78, 5) is 2.54. The van der Waals surface area contributed by atoms with Gasteiger partial charge in [-0.25, -0.2) is 0 Å². The second-order valence-electron chi connectivity index (χ2n) is 3.84. The summed E-state index contributed by atoms with van der Waals surface area (Å²) >= 11 is 4.27. The molecule has 13 heavy (non-hydrogen) atoms. The summed E-state index contributed by atoms with van der Waals surface area (Å²) in [5.74, 6) is 0.995. The van der Waals surface area contributed by atoms with Gasteiger partial charge in [-0.15, -0.1) is 0 Å². The molecule has 0 aromatic heterocycles. The third-order valence-corrected chi connectivity index (χ3v) is 3.08. The molecule has 0 atom stereocenters. The molecule has 0 radical (unpaired) electrons. The lowest BCUT2D eigenvalue weighted by molar-refractivity contribution is 0.246. The normalized spacial score (nSPS) is 22.6. The van der Waals surface area contributed by atoms with Crippen LogP contribution in [0.15, 0.2) is 0 Å². The van der Waals surface area contributed by atoms with E-state index in [4.69, 9.17) is 0 Å². The monoisotopic (exact) mass is 202 g/mol. The van der Waals surface area contributed by atoms with E-state index in [0.717, 1.165) is 18.3 Å². The predicted octanol–water partition coefficient (Wildman–Crippen LogP) is 1.38. The molecule has 0 amide bonds. The van der Waals surface area contributed by atoms with Gasteiger partial charge in [-0.05, 0) is 45.8 Å². The van der Waals surface area contributed by atoms with Gasteiger partial charge in [0.05, 0.1) is 0 Å². The van der Waals surface area contributed by atoms with Crippen molar-refractivity contribution in [1.82, 2.24) is 10.2 Å². The zero-order valence-electron chi connectivity index (χ0n) is 8.63. The van der Waals surface area contributed by atoms with Crippen molar-refractivity contribution in [2.24, 2.45) is 0 Å². The van der Waals surface area contributed by atoms with Crippen LogP contribution in [0.25, 0.3) is 0 Å². The first kappa shape index (κ1) is 11.3. The van der Waals surface area contributed by atoms with E-state index < -0.39 is 0 Å². The van der Waals surface area contributed by atoms with Crippen LogP contribution in [0.5, 0.6) is 0 Å². The van der Waals surface area contributed by atoms with Crippen LogP contribution < -0.4 is 5.32 Å². The van der Waals surface area contributed by atoms with E-state index in [1.165, 1.54) is 38.8 Å². The van der Waals surface area contributed by atoms with Crippen LogP contribution in [0.2, 0.25) is 0 Å². The number of nitrogens with zero attached hydrogens (tertiary/aromatic N) is 1. The molecule has 1 aliphatic heterocycles. The van der Waals surface area contributed by atoms with Crippen LogP contribution in [0.1, 0.15) is 25.7 Å².